The molecule has 1 heterocycles. The van der Waals surface area contributed by atoms with E-state index in [-0.39, 0.29) is 10.5 Å². The van der Waals surface area contributed by atoms with Crippen molar-refractivity contribution in [2.45, 2.75) is 55.2 Å². The van der Waals surface area contributed by atoms with Crippen LogP contribution in [0.4, 0.5) is 8.78 Å². The zero-order valence-electron chi connectivity index (χ0n) is 16.9. The Morgan fingerprint density at radius 2 is 1.69 bits per heavy atom. The SMILES string of the molecule is O=C(O)C(O)C1([C@@H]2CCC[C@H](c3cc(F)cc(F)c3)N2S(=O)(=O)c2ccc(Cl)cc2)CC1. The second-order valence-electron chi connectivity index (χ2n) is 8.43. The molecule has 0 amide bonds. The van der Waals surface area contributed by atoms with Gasteiger partial charge in [0.15, 0.2) is 6.10 Å². The molecule has 0 spiro atoms. The molecule has 1 saturated carbocycles. The highest BCUT2D eigenvalue weighted by Crippen LogP contribution is 2.58. The topological polar surface area (TPSA) is 94.9 Å². The number of piperidine rings is 1. The fraction of sp³-hybridized carbons (Fsp3) is 0.409. The highest BCUT2D eigenvalue weighted by molar-refractivity contribution is 7.89. The molecule has 1 unspecified atom stereocenters. The Morgan fingerprint density at radius 3 is 2.22 bits per heavy atom. The monoisotopic (exact) mass is 485 g/mol. The van der Waals surface area contributed by atoms with E-state index in [0.29, 0.717) is 43.2 Å². The average molecular weight is 486 g/mol. The van der Waals surface area contributed by atoms with Crippen LogP contribution in [0.1, 0.15) is 43.7 Å². The molecular formula is C22H22ClF2NO5S. The van der Waals surface area contributed by atoms with E-state index in [1.165, 1.54) is 24.3 Å². The lowest BCUT2D eigenvalue weighted by molar-refractivity contribution is -0.152. The summed E-state index contributed by atoms with van der Waals surface area (Å²) in [7, 11) is -4.23. The molecule has 1 aliphatic carbocycles. The standard InChI is InChI=1S/C22H22ClF2NO5S/c23-14-4-6-17(7-5-14)32(30,31)26-18(13-10-15(24)12-16(25)11-13)2-1-3-19(26)22(8-9-22)20(27)21(28)29/h4-7,10-12,18-20,27H,1-3,8-9H2,(H,28,29)/t18-,19+,20?/m1/s1. The number of aliphatic hydroxyl groups excluding tert-OH is 1. The van der Waals surface area contributed by atoms with E-state index in [0.717, 1.165) is 16.4 Å². The third-order valence-electron chi connectivity index (χ3n) is 6.50. The maximum Gasteiger partial charge on any atom is 0.333 e. The number of rotatable bonds is 6. The van der Waals surface area contributed by atoms with E-state index in [1.54, 1.807) is 0 Å². The van der Waals surface area contributed by atoms with Crippen molar-refractivity contribution in [3.05, 3.63) is 64.7 Å². The predicted octanol–water partition coefficient (Wildman–Crippen LogP) is 4.13. The first kappa shape index (κ1) is 23.1. The van der Waals surface area contributed by atoms with Gasteiger partial charge in [-0.05, 0) is 74.1 Å². The molecule has 4 rings (SSSR count). The summed E-state index contributed by atoms with van der Waals surface area (Å²) in [4.78, 5) is 11.5. The summed E-state index contributed by atoms with van der Waals surface area (Å²) < 4.78 is 56.8. The molecule has 2 fully saturated rings. The zero-order chi connectivity index (χ0) is 23.3. The van der Waals surface area contributed by atoms with Crippen molar-refractivity contribution in [3.63, 3.8) is 0 Å². The Bertz CT molecular complexity index is 1120. The summed E-state index contributed by atoms with van der Waals surface area (Å²) in [6.45, 7) is 0. The lowest BCUT2D eigenvalue weighted by Gasteiger charge is -2.45. The van der Waals surface area contributed by atoms with E-state index in [2.05, 4.69) is 0 Å². The number of sulfonamides is 1. The number of nitrogens with zero attached hydrogens (tertiary/aromatic N) is 1. The first-order chi connectivity index (χ1) is 15.1. The van der Waals surface area contributed by atoms with Crippen LogP contribution in [0.15, 0.2) is 47.4 Å². The summed E-state index contributed by atoms with van der Waals surface area (Å²) in [6, 6.07) is 6.63. The molecule has 0 aromatic heterocycles. The molecule has 1 aliphatic heterocycles. The smallest absolute Gasteiger partial charge is 0.333 e. The minimum Gasteiger partial charge on any atom is -0.479 e. The van der Waals surface area contributed by atoms with Crippen LogP contribution in [-0.4, -0.2) is 41.1 Å². The number of aliphatic hydroxyl groups is 1. The quantitative estimate of drug-likeness (QED) is 0.641. The van der Waals surface area contributed by atoms with Gasteiger partial charge in [0.25, 0.3) is 0 Å². The van der Waals surface area contributed by atoms with Gasteiger partial charge in [-0.25, -0.2) is 22.0 Å². The number of benzene rings is 2. The van der Waals surface area contributed by atoms with Gasteiger partial charge in [0.1, 0.15) is 11.6 Å². The molecule has 10 heteroatoms. The van der Waals surface area contributed by atoms with Gasteiger partial charge in [0, 0.05) is 22.5 Å². The summed E-state index contributed by atoms with van der Waals surface area (Å²) in [5.74, 6) is -3.10. The van der Waals surface area contributed by atoms with Gasteiger partial charge in [0.2, 0.25) is 10.0 Å². The van der Waals surface area contributed by atoms with Gasteiger partial charge in [-0.1, -0.05) is 11.6 Å². The number of hydrogen-bond donors (Lipinski definition) is 2. The van der Waals surface area contributed by atoms with Crippen LogP contribution in [0.5, 0.6) is 0 Å². The summed E-state index contributed by atoms with van der Waals surface area (Å²) in [6.07, 6.45) is 0.0492. The fourth-order valence-electron chi connectivity index (χ4n) is 4.84. The van der Waals surface area contributed by atoms with E-state index < -0.39 is 51.2 Å². The van der Waals surface area contributed by atoms with E-state index in [1.807, 2.05) is 0 Å². The van der Waals surface area contributed by atoms with Gasteiger partial charge >= 0.3 is 5.97 Å². The molecular weight excluding hydrogens is 464 g/mol. The molecule has 0 radical (unpaired) electrons. The van der Waals surface area contributed by atoms with E-state index in [9.17, 15) is 32.2 Å². The van der Waals surface area contributed by atoms with Crippen LogP contribution in [-0.2, 0) is 14.8 Å². The van der Waals surface area contributed by atoms with Gasteiger partial charge in [-0.2, -0.15) is 4.31 Å². The Hall–Kier alpha value is -2.07. The van der Waals surface area contributed by atoms with Crippen LogP contribution in [0.2, 0.25) is 5.02 Å². The number of halogens is 3. The molecule has 32 heavy (non-hydrogen) atoms. The molecule has 2 aromatic rings. The maximum atomic E-state index is 14.0. The largest absolute Gasteiger partial charge is 0.479 e. The summed E-state index contributed by atoms with van der Waals surface area (Å²) >= 11 is 5.90. The van der Waals surface area contributed by atoms with Crippen LogP contribution in [0.3, 0.4) is 0 Å². The van der Waals surface area contributed by atoms with Crippen LogP contribution >= 0.6 is 11.6 Å². The zero-order valence-corrected chi connectivity index (χ0v) is 18.5. The van der Waals surface area contributed by atoms with Crippen LogP contribution < -0.4 is 0 Å². The molecule has 172 valence electrons. The number of carboxylic acids is 1. The number of carboxylic acid groups (broad SMARTS) is 1. The molecule has 2 aromatic carbocycles. The Labute approximate surface area is 189 Å². The van der Waals surface area contributed by atoms with Crippen molar-refractivity contribution in [3.8, 4) is 0 Å². The minimum atomic E-state index is -4.23. The maximum absolute atomic E-state index is 14.0. The van der Waals surface area contributed by atoms with E-state index >= 15 is 0 Å². The predicted molar refractivity (Wildman–Crippen MR) is 113 cm³/mol. The van der Waals surface area contributed by atoms with Gasteiger partial charge < -0.3 is 10.2 Å². The highest BCUT2D eigenvalue weighted by Gasteiger charge is 2.62. The van der Waals surface area contributed by atoms with E-state index in [4.69, 9.17) is 11.6 Å². The minimum absolute atomic E-state index is 0.0729. The van der Waals surface area contributed by atoms with Crippen molar-refractivity contribution in [2.75, 3.05) is 0 Å². The van der Waals surface area contributed by atoms with Crippen LogP contribution in [0, 0.1) is 17.0 Å². The first-order valence-electron chi connectivity index (χ1n) is 10.2. The number of carbonyl (C=O) groups is 1. The Morgan fingerprint density at radius 1 is 1.09 bits per heavy atom. The number of aliphatic carboxylic acids is 1. The molecule has 3 atom stereocenters. The van der Waals surface area contributed by atoms with Gasteiger partial charge in [-0.3, -0.25) is 0 Å². The summed E-state index contributed by atoms with van der Waals surface area (Å²) in [5.41, 5.74) is -1.01. The van der Waals surface area contributed by atoms with Crippen molar-refractivity contribution in [2.24, 2.45) is 5.41 Å². The second-order valence-corrected chi connectivity index (χ2v) is 10.7. The average Bonchev–Trinajstić information content (AvgIpc) is 3.54. The van der Waals surface area contributed by atoms with Crippen molar-refractivity contribution >= 4 is 27.6 Å². The Balaban J connectivity index is 1.86. The molecule has 2 aliphatic rings. The van der Waals surface area contributed by atoms with Gasteiger partial charge in [-0.15, -0.1) is 0 Å². The van der Waals surface area contributed by atoms with Crippen molar-refractivity contribution in [1.29, 1.82) is 0 Å². The normalized spacial score (nSPS) is 24.1. The third-order valence-corrected chi connectivity index (χ3v) is 8.68. The van der Waals surface area contributed by atoms with Crippen molar-refractivity contribution in [1.82, 2.24) is 4.31 Å². The Kier molecular flexibility index (Phi) is 6.04. The highest BCUT2D eigenvalue weighted by atomic mass is 35.5. The van der Waals surface area contributed by atoms with Crippen LogP contribution in [0.25, 0.3) is 0 Å². The lowest BCUT2D eigenvalue weighted by Crippen LogP contribution is -2.54. The molecule has 0 bridgehead atoms. The van der Waals surface area contributed by atoms with Crippen molar-refractivity contribution < 1.29 is 32.2 Å². The summed E-state index contributed by atoms with van der Waals surface area (Å²) in [5, 5.41) is 20.2. The van der Waals surface area contributed by atoms with Gasteiger partial charge in [0.05, 0.1) is 10.9 Å². The first-order valence-corrected chi connectivity index (χ1v) is 12.0. The number of hydrogen-bond acceptors (Lipinski definition) is 4. The fourth-order valence-corrected chi connectivity index (χ4v) is 6.90. The second kappa shape index (κ2) is 8.37. The molecule has 2 N–H and O–H groups in total. The lowest BCUT2D eigenvalue weighted by atomic mass is 9.81. The molecule has 1 saturated heterocycles. The molecule has 6 nitrogen and oxygen atoms in total. The third kappa shape index (κ3) is 4.03.